The van der Waals surface area contributed by atoms with Crippen molar-refractivity contribution in [1.29, 1.82) is 0 Å². The van der Waals surface area contributed by atoms with Crippen LogP contribution in [0.1, 0.15) is 31.5 Å². The van der Waals surface area contributed by atoms with Gasteiger partial charge in [0, 0.05) is 45.0 Å². The normalized spacial score (nSPS) is 25.3. The lowest BCUT2D eigenvalue weighted by atomic mass is 9.95. The van der Waals surface area contributed by atoms with Crippen LogP contribution in [-0.2, 0) is 11.2 Å². The van der Waals surface area contributed by atoms with Crippen molar-refractivity contribution in [3.8, 4) is 0 Å². The van der Waals surface area contributed by atoms with Crippen LogP contribution in [0, 0.1) is 11.8 Å². The van der Waals surface area contributed by atoms with E-state index < -0.39 is 0 Å². The molecule has 1 aromatic rings. The number of carbonyl (C=O) groups excluding carboxylic acids is 1. The molecule has 24 heavy (non-hydrogen) atoms. The number of rotatable bonds is 6. The molecule has 2 atom stereocenters. The molecule has 1 aromatic heterocycles. The standard InChI is InChI=1S/C16H26ClN5O2/c17-16-18-14(19-20-16)4-5-15(24)22-9-12(13(10-22)11-23)8-21-6-2-1-3-7-21/h12-13,23H,1-11H2,(H,18,19,20)/t12-,13-/m1/s1. The highest BCUT2D eigenvalue weighted by atomic mass is 35.5. The molecule has 0 unspecified atom stereocenters. The number of aromatic amines is 1. The van der Waals surface area contributed by atoms with Gasteiger partial charge >= 0.3 is 0 Å². The van der Waals surface area contributed by atoms with Crippen molar-refractivity contribution in [2.75, 3.05) is 39.3 Å². The van der Waals surface area contributed by atoms with E-state index in [2.05, 4.69) is 20.1 Å². The predicted molar refractivity (Wildman–Crippen MR) is 90.7 cm³/mol. The number of aromatic nitrogens is 3. The second-order valence-corrected chi connectivity index (χ2v) is 7.25. The molecule has 0 saturated carbocycles. The summed E-state index contributed by atoms with van der Waals surface area (Å²) in [4.78, 5) is 20.9. The first-order valence-electron chi connectivity index (χ1n) is 8.83. The molecule has 0 bridgehead atoms. The maximum atomic E-state index is 12.5. The van der Waals surface area contributed by atoms with Gasteiger partial charge in [-0.25, -0.2) is 4.98 Å². The second kappa shape index (κ2) is 8.27. The second-order valence-electron chi connectivity index (χ2n) is 6.91. The van der Waals surface area contributed by atoms with Crippen molar-refractivity contribution in [1.82, 2.24) is 25.0 Å². The van der Waals surface area contributed by atoms with Gasteiger partial charge in [0.05, 0.1) is 0 Å². The summed E-state index contributed by atoms with van der Waals surface area (Å²) >= 11 is 5.67. The molecular weight excluding hydrogens is 330 g/mol. The molecule has 1 amide bonds. The van der Waals surface area contributed by atoms with Crippen LogP contribution in [0.5, 0.6) is 0 Å². The van der Waals surface area contributed by atoms with Gasteiger partial charge in [0.2, 0.25) is 11.2 Å². The minimum absolute atomic E-state index is 0.113. The summed E-state index contributed by atoms with van der Waals surface area (Å²) in [6.45, 7) is 4.85. The lowest BCUT2D eigenvalue weighted by Gasteiger charge is -2.30. The summed E-state index contributed by atoms with van der Waals surface area (Å²) in [5.41, 5.74) is 0. The van der Waals surface area contributed by atoms with Crippen LogP contribution in [0.2, 0.25) is 5.28 Å². The van der Waals surface area contributed by atoms with Crippen LogP contribution in [0.15, 0.2) is 0 Å². The summed E-state index contributed by atoms with van der Waals surface area (Å²) in [6.07, 6.45) is 4.74. The number of amides is 1. The number of aliphatic hydroxyl groups excluding tert-OH is 1. The molecule has 7 nitrogen and oxygen atoms in total. The minimum Gasteiger partial charge on any atom is -0.396 e. The van der Waals surface area contributed by atoms with Gasteiger partial charge in [0.25, 0.3) is 0 Å². The molecule has 2 saturated heterocycles. The number of nitrogens with zero attached hydrogens (tertiary/aromatic N) is 4. The van der Waals surface area contributed by atoms with Gasteiger partial charge in [-0.15, -0.1) is 5.10 Å². The van der Waals surface area contributed by atoms with Gasteiger partial charge in [0.15, 0.2) is 0 Å². The molecular formula is C16H26ClN5O2. The van der Waals surface area contributed by atoms with E-state index >= 15 is 0 Å². The number of halogens is 1. The fourth-order valence-electron chi connectivity index (χ4n) is 3.80. The van der Waals surface area contributed by atoms with E-state index in [1.807, 2.05) is 4.90 Å². The van der Waals surface area contributed by atoms with Crippen molar-refractivity contribution >= 4 is 17.5 Å². The fraction of sp³-hybridized carbons (Fsp3) is 0.812. The van der Waals surface area contributed by atoms with Crippen LogP contribution in [0.3, 0.4) is 0 Å². The first-order valence-corrected chi connectivity index (χ1v) is 9.21. The number of piperidine rings is 1. The maximum Gasteiger partial charge on any atom is 0.242 e. The summed E-state index contributed by atoms with van der Waals surface area (Å²) in [5.74, 6) is 1.31. The van der Waals surface area contributed by atoms with Crippen molar-refractivity contribution < 1.29 is 9.90 Å². The van der Waals surface area contributed by atoms with Gasteiger partial charge in [-0.3, -0.25) is 9.89 Å². The third-order valence-corrected chi connectivity index (χ3v) is 5.35. The average Bonchev–Trinajstić information content (AvgIpc) is 3.19. The van der Waals surface area contributed by atoms with E-state index in [0.717, 1.165) is 26.2 Å². The summed E-state index contributed by atoms with van der Waals surface area (Å²) in [5, 5.41) is 16.3. The summed E-state index contributed by atoms with van der Waals surface area (Å²) in [6, 6.07) is 0. The average molecular weight is 356 g/mol. The molecule has 2 aliphatic heterocycles. The van der Waals surface area contributed by atoms with Gasteiger partial charge in [-0.2, -0.15) is 0 Å². The first kappa shape index (κ1) is 17.6. The van der Waals surface area contributed by atoms with E-state index in [1.54, 1.807) is 0 Å². The number of H-pyrrole nitrogens is 1. The molecule has 8 heteroatoms. The molecule has 0 aliphatic carbocycles. The third-order valence-electron chi connectivity index (χ3n) is 5.19. The molecule has 2 fully saturated rings. The fourth-order valence-corrected chi connectivity index (χ4v) is 3.94. The lowest BCUT2D eigenvalue weighted by molar-refractivity contribution is -0.130. The number of carbonyl (C=O) groups is 1. The highest BCUT2D eigenvalue weighted by molar-refractivity contribution is 6.28. The van der Waals surface area contributed by atoms with Crippen LogP contribution in [0.4, 0.5) is 0 Å². The molecule has 3 rings (SSSR count). The highest BCUT2D eigenvalue weighted by Crippen LogP contribution is 2.26. The van der Waals surface area contributed by atoms with Gasteiger partial charge in [-0.1, -0.05) is 6.42 Å². The SMILES string of the molecule is O=C(CCc1nc(Cl)n[nH]1)N1C[C@@H](CN2CCCCC2)[C@@H](CO)C1. The quantitative estimate of drug-likeness (QED) is 0.793. The van der Waals surface area contributed by atoms with Gasteiger partial charge in [0.1, 0.15) is 5.82 Å². The van der Waals surface area contributed by atoms with Gasteiger partial charge < -0.3 is 14.9 Å². The van der Waals surface area contributed by atoms with Crippen LogP contribution < -0.4 is 0 Å². The van der Waals surface area contributed by atoms with Crippen molar-refractivity contribution in [2.24, 2.45) is 11.8 Å². The monoisotopic (exact) mass is 355 g/mol. The van der Waals surface area contributed by atoms with Crippen LogP contribution >= 0.6 is 11.6 Å². The number of aryl methyl sites for hydroxylation is 1. The van der Waals surface area contributed by atoms with Crippen molar-refractivity contribution in [3.05, 3.63) is 11.1 Å². The zero-order chi connectivity index (χ0) is 16.9. The molecule has 2 N–H and O–H groups in total. The zero-order valence-electron chi connectivity index (χ0n) is 14.0. The lowest BCUT2D eigenvalue weighted by Crippen LogP contribution is -2.37. The Kier molecular flexibility index (Phi) is 6.08. The van der Waals surface area contributed by atoms with E-state index in [9.17, 15) is 9.90 Å². The topological polar surface area (TPSA) is 85.4 Å². The zero-order valence-corrected chi connectivity index (χ0v) is 14.7. The van der Waals surface area contributed by atoms with Gasteiger partial charge in [-0.05, 0) is 43.5 Å². The van der Waals surface area contributed by atoms with Crippen LogP contribution in [0.25, 0.3) is 0 Å². The van der Waals surface area contributed by atoms with Crippen molar-refractivity contribution in [3.63, 3.8) is 0 Å². The van der Waals surface area contributed by atoms with Crippen LogP contribution in [-0.4, -0.2) is 75.3 Å². The molecule has 2 aliphatic rings. The Morgan fingerprint density at radius 3 is 2.67 bits per heavy atom. The largest absolute Gasteiger partial charge is 0.396 e. The van der Waals surface area contributed by atoms with E-state index in [0.29, 0.717) is 31.1 Å². The Morgan fingerprint density at radius 1 is 1.25 bits per heavy atom. The van der Waals surface area contributed by atoms with E-state index in [4.69, 9.17) is 11.6 Å². The molecule has 0 aromatic carbocycles. The summed E-state index contributed by atoms with van der Waals surface area (Å²) < 4.78 is 0. The smallest absolute Gasteiger partial charge is 0.242 e. The minimum atomic E-state index is 0.113. The van der Waals surface area contributed by atoms with Crippen molar-refractivity contribution in [2.45, 2.75) is 32.1 Å². The third kappa shape index (κ3) is 4.46. The Morgan fingerprint density at radius 2 is 2.00 bits per heavy atom. The molecule has 0 radical (unpaired) electrons. The number of nitrogens with one attached hydrogen (secondary N) is 1. The number of hydrogen-bond acceptors (Lipinski definition) is 5. The Labute approximate surface area is 147 Å². The first-order chi connectivity index (χ1) is 11.7. The number of likely N-dealkylation sites (tertiary alicyclic amines) is 2. The van der Waals surface area contributed by atoms with E-state index in [-0.39, 0.29) is 23.7 Å². The Balaban J connectivity index is 1.49. The highest BCUT2D eigenvalue weighted by Gasteiger charge is 2.35. The summed E-state index contributed by atoms with van der Waals surface area (Å²) in [7, 11) is 0. The maximum absolute atomic E-state index is 12.5. The molecule has 0 spiro atoms. The molecule has 134 valence electrons. The van der Waals surface area contributed by atoms with E-state index in [1.165, 1.54) is 19.3 Å². The Hall–Kier alpha value is -1.18. The number of hydrogen-bond donors (Lipinski definition) is 2. The predicted octanol–water partition coefficient (Wildman–Crippen LogP) is 0.943. The molecule has 3 heterocycles. The Bertz CT molecular complexity index is 546. The number of aliphatic hydroxyl groups is 1.